The Bertz CT molecular complexity index is 1270. The van der Waals surface area contributed by atoms with Gasteiger partial charge < -0.3 is 24.3 Å². The summed E-state index contributed by atoms with van der Waals surface area (Å²) in [6, 6.07) is 0. The van der Waals surface area contributed by atoms with Gasteiger partial charge in [-0.1, -0.05) is 125 Å². The number of carbonyl (C=O) groups is 4. The van der Waals surface area contributed by atoms with Gasteiger partial charge in [0.1, 0.15) is 18.3 Å². The average molecular weight is 820 g/mol. The van der Waals surface area contributed by atoms with Crippen LogP contribution in [0.1, 0.15) is 163 Å². The summed E-state index contributed by atoms with van der Waals surface area (Å²) in [5.74, 6) is 1.89. The quantitative estimate of drug-likeness (QED) is 0.0413. The molecule has 2 fully saturated rings. The van der Waals surface area contributed by atoms with Crippen LogP contribution in [0, 0.1) is 29.6 Å². The Hall–Kier alpha value is -2.14. The van der Waals surface area contributed by atoms with Crippen LogP contribution in [-0.2, 0) is 33.3 Å². The lowest BCUT2D eigenvalue weighted by Gasteiger charge is -2.43. The molecule has 2 aliphatic heterocycles. The normalized spacial score (nSPS) is 27.8. The molecule has 56 heavy (non-hydrogen) atoms. The molecular formula is C45H73NO8S2. The van der Waals surface area contributed by atoms with Crippen LogP contribution in [0.3, 0.4) is 0 Å². The lowest BCUT2D eigenvalue weighted by Crippen LogP contribution is -2.42. The molecule has 0 radical (unpaired) electrons. The molecule has 11 heteroatoms. The van der Waals surface area contributed by atoms with Crippen LogP contribution in [0.4, 0.5) is 4.79 Å². The van der Waals surface area contributed by atoms with E-state index in [9.17, 15) is 19.2 Å². The van der Waals surface area contributed by atoms with Crippen molar-refractivity contribution in [2.75, 3.05) is 18.9 Å². The van der Waals surface area contributed by atoms with E-state index >= 15 is 0 Å². The van der Waals surface area contributed by atoms with E-state index in [1.807, 2.05) is 35.4 Å². The Labute approximate surface area is 346 Å². The first-order valence-electron chi connectivity index (χ1n) is 22.3. The summed E-state index contributed by atoms with van der Waals surface area (Å²) in [6.45, 7) is 9.44. The smallest absolute Gasteiger partial charge is 0.462 e. The number of hydrogen-bond donors (Lipinski definition) is 1. The molecule has 9 nitrogen and oxygen atoms in total. The van der Waals surface area contributed by atoms with Gasteiger partial charge in [-0.05, 0) is 81.1 Å². The molecule has 2 saturated heterocycles. The Morgan fingerprint density at radius 3 is 2.36 bits per heavy atom. The van der Waals surface area contributed by atoms with Gasteiger partial charge in [0.05, 0.1) is 18.9 Å². The zero-order valence-corrected chi connectivity index (χ0v) is 36.6. The van der Waals surface area contributed by atoms with E-state index in [0.29, 0.717) is 37.7 Å². The zero-order valence-electron chi connectivity index (χ0n) is 35.0. The largest absolute Gasteiger partial charge is 0.508 e. The van der Waals surface area contributed by atoms with Gasteiger partial charge in [0, 0.05) is 36.3 Å². The van der Waals surface area contributed by atoms with Crippen LogP contribution in [-0.4, -0.2) is 66.5 Å². The van der Waals surface area contributed by atoms with E-state index in [1.54, 1.807) is 0 Å². The summed E-state index contributed by atoms with van der Waals surface area (Å²) in [6.07, 6.45) is 25.2. The van der Waals surface area contributed by atoms with E-state index in [0.717, 1.165) is 69.6 Å². The number of allylic oxidation sites excluding steroid dienone is 3. The molecule has 0 aromatic rings. The number of fused-ring (bicyclic) bond motifs is 1. The van der Waals surface area contributed by atoms with Crippen molar-refractivity contribution < 1.29 is 38.1 Å². The first kappa shape index (κ1) is 46.5. The number of unbranched alkanes of at least 4 members (excludes halogenated alkanes) is 10. The number of amides is 1. The van der Waals surface area contributed by atoms with Crippen LogP contribution in [0.15, 0.2) is 23.8 Å². The van der Waals surface area contributed by atoms with Gasteiger partial charge in [-0.15, -0.1) is 0 Å². The molecule has 0 aromatic heterocycles. The van der Waals surface area contributed by atoms with Crippen molar-refractivity contribution in [1.82, 2.24) is 5.32 Å². The second kappa shape index (κ2) is 26.1. The fourth-order valence-corrected chi connectivity index (χ4v) is 11.7. The Balaban J connectivity index is 1.01. The molecule has 1 amide bonds. The lowest BCUT2D eigenvalue weighted by atomic mass is 9.65. The number of ether oxygens (including phenoxy) is 4. The maximum absolute atomic E-state index is 12.8. The molecule has 2 aliphatic carbocycles. The standard InChI is InChI=1S/C45H73NO8S2/c1-5-33(3)44(49)54-40-29-32(2)28-35-21-20-34(4)39(43(35)40)23-22-36-30-37(31-42(48)52-36)53-45(50)51-26-17-13-11-9-7-6-8-10-12-16-25-46-41(47)19-15-14-18-38-24-27-55-56-38/h20-21,28,32-34,36-40,43H,5-19,22-27,29-31H2,1-4H3,(H,46,47)/t32-,33?,34?,36?,37?,38?,39+,40?,43-/m1/s1. The third-order valence-electron chi connectivity index (χ3n) is 12.2. The maximum Gasteiger partial charge on any atom is 0.508 e. The number of cyclic esters (lactones) is 1. The second-order valence-corrected chi connectivity index (χ2v) is 19.8. The predicted octanol–water partition coefficient (Wildman–Crippen LogP) is 11.1. The van der Waals surface area contributed by atoms with Gasteiger partial charge in [0.2, 0.25) is 5.91 Å². The van der Waals surface area contributed by atoms with Crippen molar-refractivity contribution in [3.8, 4) is 0 Å². The maximum atomic E-state index is 12.8. The molecule has 2 heterocycles. The SMILES string of the molecule is CCC(C)C(=O)OC1C[C@H](C)C=C2C=CC(C)[C@H](CCC3CC(OC(=O)OCCCCCCCCCCCCNC(=O)CCCCC4CCSS4)CC(=O)O3)[C@@H]21. The molecule has 0 spiro atoms. The van der Waals surface area contributed by atoms with E-state index in [1.165, 1.54) is 62.7 Å². The van der Waals surface area contributed by atoms with E-state index in [-0.39, 0.29) is 54.2 Å². The molecule has 1 N–H and O–H groups in total. The highest BCUT2D eigenvalue weighted by atomic mass is 33.1. The number of rotatable bonds is 25. The minimum Gasteiger partial charge on any atom is -0.462 e. The first-order chi connectivity index (χ1) is 27.1. The molecular weight excluding hydrogens is 747 g/mol. The Morgan fingerprint density at radius 2 is 1.64 bits per heavy atom. The molecule has 318 valence electrons. The highest BCUT2D eigenvalue weighted by Crippen LogP contribution is 2.45. The minimum atomic E-state index is -0.709. The number of carbonyl (C=O) groups excluding carboxylic acids is 4. The second-order valence-electron chi connectivity index (χ2n) is 17.0. The van der Waals surface area contributed by atoms with Gasteiger partial charge in [-0.25, -0.2) is 4.79 Å². The highest BCUT2D eigenvalue weighted by molar-refractivity contribution is 8.77. The van der Waals surface area contributed by atoms with E-state index < -0.39 is 12.3 Å². The van der Waals surface area contributed by atoms with Gasteiger partial charge in [0.15, 0.2) is 0 Å². The molecule has 0 bridgehead atoms. The molecule has 0 aromatic carbocycles. The topological polar surface area (TPSA) is 117 Å². The van der Waals surface area contributed by atoms with Crippen molar-refractivity contribution >= 4 is 45.6 Å². The van der Waals surface area contributed by atoms with Gasteiger partial charge in [0.25, 0.3) is 0 Å². The fourth-order valence-electron chi connectivity index (χ4n) is 8.65. The zero-order chi connectivity index (χ0) is 40.1. The summed E-state index contributed by atoms with van der Waals surface area (Å²) in [5, 5.41) is 3.89. The van der Waals surface area contributed by atoms with Crippen molar-refractivity contribution in [2.45, 2.75) is 186 Å². The minimum absolute atomic E-state index is 0.0467. The lowest BCUT2D eigenvalue weighted by molar-refractivity contribution is -0.163. The van der Waals surface area contributed by atoms with Gasteiger partial charge >= 0.3 is 18.1 Å². The molecule has 6 unspecified atom stereocenters. The predicted molar refractivity (Wildman–Crippen MR) is 227 cm³/mol. The van der Waals surface area contributed by atoms with Crippen LogP contribution >= 0.6 is 21.6 Å². The summed E-state index contributed by atoms with van der Waals surface area (Å²) in [5.41, 5.74) is 1.24. The van der Waals surface area contributed by atoms with Crippen molar-refractivity contribution in [3.63, 3.8) is 0 Å². The Kier molecular flexibility index (Phi) is 21.7. The number of nitrogens with one attached hydrogen (secondary N) is 1. The van der Waals surface area contributed by atoms with Crippen LogP contribution in [0.25, 0.3) is 0 Å². The molecule has 0 saturated carbocycles. The monoisotopic (exact) mass is 819 g/mol. The highest BCUT2D eigenvalue weighted by Gasteiger charge is 2.42. The summed E-state index contributed by atoms with van der Waals surface area (Å²) < 4.78 is 22.9. The molecule has 9 atom stereocenters. The van der Waals surface area contributed by atoms with Crippen molar-refractivity contribution in [1.29, 1.82) is 0 Å². The van der Waals surface area contributed by atoms with Crippen molar-refractivity contribution in [3.05, 3.63) is 23.8 Å². The number of esters is 2. The van der Waals surface area contributed by atoms with Gasteiger partial charge in [-0.2, -0.15) is 0 Å². The van der Waals surface area contributed by atoms with Gasteiger partial charge in [-0.3, -0.25) is 14.4 Å². The first-order valence-corrected chi connectivity index (χ1v) is 24.7. The van der Waals surface area contributed by atoms with Crippen LogP contribution in [0.5, 0.6) is 0 Å². The van der Waals surface area contributed by atoms with E-state index in [2.05, 4.69) is 37.4 Å². The average Bonchev–Trinajstić information content (AvgIpc) is 3.69. The summed E-state index contributed by atoms with van der Waals surface area (Å²) in [4.78, 5) is 49.9. The van der Waals surface area contributed by atoms with Crippen LogP contribution < -0.4 is 5.32 Å². The van der Waals surface area contributed by atoms with Crippen LogP contribution in [0.2, 0.25) is 0 Å². The third-order valence-corrected chi connectivity index (χ3v) is 15.2. The van der Waals surface area contributed by atoms with E-state index in [4.69, 9.17) is 18.9 Å². The third kappa shape index (κ3) is 17.0. The fraction of sp³-hybridized carbons (Fsp3) is 0.822. The summed E-state index contributed by atoms with van der Waals surface area (Å²) >= 11 is 0. The Morgan fingerprint density at radius 1 is 0.911 bits per heavy atom. The van der Waals surface area contributed by atoms with Crippen molar-refractivity contribution in [2.24, 2.45) is 29.6 Å². The summed E-state index contributed by atoms with van der Waals surface area (Å²) in [7, 11) is 4.01. The molecule has 4 rings (SSSR count). The number of hydrogen-bond acceptors (Lipinski definition) is 10. The molecule has 4 aliphatic rings.